The van der Waals surface area contributed by atoms with Crippen LogP contribution in [0.25, 0.3) is 22.5 Å². The molecule has 112 valence electrons. The molecule has 4 nitrogen and oxygen atoms in total. The number of hydrogen-bond acceptors (Lipinski definition) is 4. The van der Waals surface area contributed by atoms with Crippen LogP contribution >= 0.6 is 0 Å². The Hall–Kier alpha value is -3.14. The molecule has 0 amide bonds. The van der Waals surface area contributed by atoms with Crippen LogP contribution in [0.1, 0.15) is 11.1 Å². The summed E-state index contributed by atoms with van der Waals surface area (Å²) in [6, 6.07) is 20.5. The average Bonchev–Trinajstić information content (AvgIpc) is 3.30. The molecule has 0 radical (unpaired) electrons. The molecule has 0 bridgehead atoms. The fourth-order valence-electron chi connectivity index (χ4n) is 2.55. The highest BCUT2D eigenvalue weighted by atomic mass is 16.5. The second-order valence-electron chi connectivity index (χ2n) is 5.34. The van der Waals surface area contributed by atoms with Crippen LogP contribution in [0.15, 0.2) is 82.2 Å². The van der Waals surface area contributed by atoms with Crippen LogP contribution in [-0.2, 0) is 6.42 Å². The van der Waals surface area contributed by atoms with E-state index in [9.17, 15) is 0 Å². The number of rotatable bonds is 4. The van der Waals surface area contributed by atoms with Crippen molar-refractivity contribution >= 4 is 0 Å². The van der Waals surface area contributed by atoms with Gasteiger partial charge in [-0.3, -0.25) is 0 Å². The van der Waals surface area contributed by atoms with Gasteiger partial charge in [0.2, 0.25) is 0 Å². The molecule has 0 fully saturated rings. The number of aromatic nitrogens is 2. The lowest BCUT2D eigenvalue weighted by atomic mass is 10.0. The van der Waals surface area contributed by atoms with Crippen molar-refractivity contribution in [3.05, 3.63) is 84.3 Å². The summed E-state index contributed by atoms with van der Waals surface area (Å²) in [5.74, 6) is 0. The van der Waals surface area contributed by atoms with E-state index in [-0.39, 0.29) is 0 Å². The summed E-state index contributed by atoms with van der Waals surface area (Å²) in [6.45, 7) is 0. The van der Waals surface area contributed by atoms with Gasteiger partial charge in [0.1, 0.15) is 23.9 Å². The Morgan fingerprint density at radius 2 is 1.00 bits per heavy atom. The fraction of sp³-hybridized carbons (Fsp3) is 0.0526. The van der Waals surface area contributed by atoms with E-state index >= 15 is 0 Å². The molecule has 0 aliphatic heterocycles. The Labute approximate surface area is 133 Å². The molecule has 0 saturated heterocycles. The third-order valence-electron chi connectivity index (χ3n) is 3.78. The Kier molecular flexibility index (Phi) is 3.48. The van der Waals surface area contributed by atoms with E-state index < -0.39 is 0 Å². The molecule has 4 rings (SSSR count). The van der Waals surface area contributed by atoms with Crippen LogP contribution in [-0.4, -0.2) is 10.3 Å². The normalized spacial score (nSPS) is 10.8. The smallest absolute Gasteiger partial charge is 0.124 e. The summed E-state index contributed by atoms with van der Waals surface area (Å²) in [5, 5.41) is 7.89. The van der Waals surface area contributed by atoms with E-state index in [1.807, 2.05) is 12.1 Å². The van der Waals surface area contributed by atoms with Gasteiger partial charge >= 0.3 is 0 Å². The summed E-state index contributed by atoms with van der Waals surface area (Å²) < 4.78 is 9.75. The average molecular weight is 302 g/mol. The van der Waals surface area contributed by atoms with Crippen molar-refractivity contribution in [2.24, 2.45) is 0 Å². The van der Waals surface area contributed by atoms with Gasteiger partial charge in [0.05, 0.1) is 0 Å². The monoisotopic (exact) mass is 302 g/mol. The summed E-state index contributed by atoms with van der Waals surface area (Å²) in [5.41, 5.74) is 6.34. The number of nitrogens with zero attached hydrogens (tertiary/aromatic N) is 2. The topological polar surface area (TPSA) is 52.1 Å². The molecule has 0 aliphatic carbocycles. The molecule has 2 heterocycles. The predicted octanol–water partition coefficient (Wildman–Crippen LogP) is 4.59. The molecule has 0 saturated carbocycles. The minimum absolute atomic E-state index is 0.855. The maximum Gasteiger partial charge on any atom is 0.124 e. The summed E-state index contributed by atoms with van der Waals surface area (Å²) in [6.07, 6.45) is 4.05. The molecule has 2 aromatic heterocycles. The summed E-state index contributed by atoms with van der Waals surface area (Å²) >= 11 is 0. The lowest BCUT2D eigenvalue weighted by Gasteiger charge is -2.04. The van der Waals surface area contributed by atoms with Crippen molar-refractivity contribution in [2.45, 2.75) is 6.42 Å². The molecular weight excluding hydrogens is 288 g/mol. The van der Waals surface area contributed by atoms with Crippen molar-refractivity contribution in [1.82, 2.24) is 10.3 Å². The first-order valence-corrected chi connectivity index (χ1v) is 7.38. The van der Waals surface area contributed by atoms with Gasteiger partial charge in [0.15, 0.2) is 0 Å². The first-order chi connectivity index (χ1) is 11.4. The molecule has 0 unspecified atom stereocenters. The largest absolute Gasteiger partial charge is 0.364 e. The van der Waals surface area contributed by atoms with E-state index in [1.165, 1.54) is 11.1 Å². The van der Waals surface area contributed by atoms with Crippen molar-refractivity contribution < 1.29 is 9.05 Å². The minimum atomic E-state index is 0.855. The van der Waals surface area contributed by atoms with Crippen LogP contribution in [0.4, 0.5) is 0 Å². The standard InChI is InChI=1S/C19H14N2O2/c1-5-16(18-9-11-22-20-18)6-2-14(1)13-15-3-7-17(8-4-15)19-10-12-23-21-19/h1-12H,13H2. The van der Waals surface area contributed by atoms with Gasteiger partial charge in [0, 0.05) is 23.3 Å². The SMILES string of the molecule is c1cc(-c2ccc(Cc3ccc(-c4ccon4)cc3)cc2)no1. The van der Waals surface area contributed by atoms with Crippen molar-refractivity contribution in [3.8, 4) is 22.5 Å². The zero-order valence-electron chi connectivity index (χ0n) is 12.3. The summed E-state index contributed by atoms with van der Waals surface area (Å²) in [4.78, 5) is 0. The first-order valence-electron chi connectivity index (χ1n) is 7.38. The molecule has 2 aromatic carbocycles. The van der Waals surface area contributed by atoms with Gasteiger partial charge in [0.25, 0.3) is 0 Å². The van der Waals surface area contributed by atoms with Gasteiger partial charge in [-0.25, -0.2) is 0 Å². The number of hydrogen-bond donors (Lipinski definition) is 0. The van der Waals surface area contributed by atoms with Crippen LogP contribution in [0.2, 0.25) is 0 Å². The van der Waals surface area contributed by atoms with Crippen LogP contribution in [0.3, 0.4) is 0 Å². The van der Waals surface area contributed by atoms with Gasteiger partial charge in [-0.2, -0.15) is 0 Å². The van der Waals surface area contributed by atoms with Gasteiger partial charge in [-0.1, -0.05) is 58.8 Å². The van der Waals surface area contributed by atoms with E-state index in [0.717, 1.165) is 28.9 Å². The van der Waals surface area contributed by atoms with Crippen molar-refractivity contribution in [2.75, 3.05) is 0 Å². The highest BCUT2D eigenvalue weighted by Crippen LogP contribution is 2.21. The molecular formula is C19H14N2O2. The quantitative estimate of drug-likeness (QED) is 0.553. The molecule has 23 heavy (non-hydrogen) atoms. The molecule has 0 spiro atoms. The number of benzene rings is 2. The summed E-state index contributed by atoms with van der Waals surface area (Å²) in [7, 11) is 0. The first kappa shape index (κ1) is 13.5. The maximum absolute atomic E-state index is 4.87. The molecule has 0 N–H and O–H groups in total. The highest BCUT2D eigenvalue weighted by Gasteiger charge is 2.04. The molecule has 0 atom stereocenters. The third kappa shape index (κ3) is 2.92. The molecule has 4 aromatic rings. The lowest BCUT2D eigenvalue weighted by Crippen LogP contribution is -1.89. The Morgan fingerprint density at radius 1 is 0.565 bits per heavy atom. The Morgan fingerprint density at radius 3 is 1.35 bits per heavy atom. The second-order valence-corrected chi connectivity index (χ2v) is 5.34. The Balaban J connectivity index is 1.49. The van der Waals surface area contributed by atoms with Crippen molar-refractivity contribution in [3.63, 3.8) is 0 Å². The Bertz CT molecular complexity index is 787. The maximum atomic E-state index is 4.87. The lowest BCUT2D eigenvalue weighted by molar-refractivity contribution is 0.422. The predicted molar refractivity (Wildman–Crippen MR) is 86.7 cm³/mol. The zero-order valence-corrected chi connectivity index (χ0v) is 12.3. The molecule has 0 aliphatic rings. The van der Waals surface area contributed by atoms with Gasteiger partial charge < -0.3 is 9.05 Å². The minimum Gasteiger partial charge on any atom is -0.364 e. The highest BCUT2D eigenvalue weighted by molar-refractivity contribution is 5.59. The van der Waals surface area contributed by atoms with Crippen LogP contribution < -0.4 is 0 Å². The van der Waals surface area contributed by atoms with E-state index in [4.69, 9.17) is 9.05 Å². The zero-order chi connectivity index (χ0) is 15.5. The third-order valence-corrected chi connectivity index (χ3v) is 3.78. The van der Waals surface area contributed by atoms with E-state index in [1.54, 1.807) is 12.5 Å². The second kappa shape index (κ2) is 5.93. The molecule has 4 heteroatoms. The fourth-order valence-corrected chi connectivity index (χ4v) is 2.55. The van der Waals surface area contributed by atoms with Crippen LogP contribution in [0, 0.1) is 0 Å². The van der Waals surface area contributed by atoms with Crippen molar-refractivity contribution in [1.29, 1.82) is 0 Å². The van der Waals surface area contributed by atoms with E-state index in [0.29, 0.717) is 0 Å². The van der Waals surface area contributed by atoms with E-state index in [2.05, 4.69) is 58.8 Å². The van der Waals surface area contributed by atoms with Gasteiger partial charge in [-0.15, -0.1) is 0 Å². The van der Waals surface area contributed by atoms with Crippen LogP contribution in [0.5, 0.6) is 0 Å². The van der Waals surface area contributed by atoms with Gasteiger partial charge in [-0.05, 0) is 17.5 Å².